The summed E-state index contributed by atoms with van der Waals surface area (Å²) in [6, 6.07) is -0.426. The molecule has 0 rings (SSSR count). The normalized spacial score (nSPS) is 14.9. The topological polar surface area (TPSA) is 46.3 Å². The average Bonchev–Trinajstić information content (AvgIpc) is 1.96. The van der Waals surface area contributed by atoms with E-state index in [-0.39, 0.29) is 16.7 Å². The minimum atomic E-state index is -0.426. The average molecular weight is 214 g/mol. The maximum absolute atomic E-state index is 12.0. The molecule has 0 aromatic heterocycles. The van der Waals surface area contributed by atoms with Crippen LogP contribution < -0.4 is 5.73 Å². The molecule has 3 nitrogen and oxygen atoms in total. The summed E-state index contributed by atoms with van der Waals surface area (Å²) < 4.78 is 0. The van der Waals surface area contributed by atoms with Crippen LogP contribution in [0.2, 0.25) is 0 Å². The summed E-state index contributed by atoms with van der Waals surface area (Å²) in [7, 11) is 1.82. The standard InChI is InChI=1S/C12H26N2O/c1-11(2,3)8-14(7)10(15)9(13)12(4,5)6/h9H,8,13H2,1-7H3. The number of likely N-dealkylation sites (N-methyl/N-ethyl adjacent to an activating group) is 1. The molecule has 0 aromatic carbocycles. The van der Waals surface area contributed by atoms with E-state index < -0.39 is 6.04 Å². The van der Waals surface area contributed by atoms with Gasteiger partial charge < -0.3 is 10.6 Å². The lowest BCUT2D eigenvalue weighted by atomic mass is 9.86. The van der Waals surface area contributed by atoms with E-state index in [9.17, 15) is 4.79 Å². The minimum absolute atomic E-state index is 0.0254. The molecule has 0 aromatic rings. The summed E-state index contributed by atoms with van der Waals surface area (Å²) in [4.78, 5) is 13.7. The summed E-state index contributed by atoms with van der Waals surface area (Å²) >= 11 is 0. The number of hydrogen-bond acceptors (Lipinski definition) is 2. The Balaban J connectivity index is 4.47. The highest BCUT2D eigenvalue weighted by Crippen LogP contribution is 2.20. The van der Waals surface area contributed by atoms with Crippen LogP contribution in [0.15, 0.2) is 0 Å². The van der Waals surface area contributed by atoms with Gasteiger partial charge in [0, 0.05) is 13.6 Å². The molecule has 0 bridgehead atoms. The third-order valence-corrected chi connectivity index (χ3v) is 2.29. The largest absolute Gasteiger partial charge is 0.344 e. The van der Waals surface area contributed by atoms with Crippen LogP contribution in [-0.4, -0.2) is 30.4 Å². The molecule has 3 heteroatoms. The van der Waals surface area contributed by atoms with Gasteiger partial charge in [-0.1, -0.05) is 41.5 Å². The van der Waals surface area contributed by atoms with Crippen molar-refractivity contribution in [2.75, 3.05) is 13.6 Å². The second-order valence-corrected chi connectivity index (χ2v) is 6.60. The summed E-state index contributed by atoms with van der Waals surface area (Å²) in [6.07, 6.45) is 0. The van der Waals surface area contributed by atoms with Crippen LogP contribution in [0.3, 0.4) is 0 Å². The van der Waals surface area contributed by atoms with Gasteiger partial charge in [0.25, 0.3) is 0 Å². The van der Waals surface area contributed by atoms with Crippen LogP contribution in [0.25, 0.3) is 0 Å². The first-order chi connectivity index (χ1) is 6.45. The van der Waals surface area contributed by atoms with Gasteiger partial charge in [0.2, 0.25) is 5.91 Å². The van der Waals surface area contributed by atoms with Gasteiger partial charge in [-0.3, -0.25) is 4.79 Å². The molecule has 0 saturated carbocycles. The van der Waals surface area contributed by atoms with Gasteiger partial charge in [0.05, 0.1) is 6.04 Å². The minimum Gasteiger partial charge on any atom is -0.344 e. The molecule has 0 aliphatic heterocycles. The van der Waals surface area contributed by atoms with E-state index in [0.717, 1.165) is 6.54 Å². The van der Waals surface area contributed by atoms with Crippen LogP contribution in [0.5, 0.6) is 0 Å². The predicted molar refractivity (Wildman–Crippen MR) is 64.5 cm³/mol. The van der Waals surface area contributed by atoms with Crippen LogP contribution >= 0.6 is 0 Å². The quantitative estimate of drug-likeness (QED) is 0.762. The SMILES string of the molecule is CN(CC(C)(C)C)C(=O)C(N)C(C)(C)C. The molecule has 90 valence electrons. The van der Waals surface area contributed by atoms with Crippen molar-refractivity contribution in [3.05, 3.63) is 0 Å². The van der Waals surface area contributed by atoms with Crippen molar-refractivity contribution in [1.29, 1.82) is 0 Å². The highest BCUT2D eigenvalue weighted by molar-refractivity contribution is 5.82. The van der Waals surface area contributed by atoms with Gasteiger partial charge in [-0.15, -0.1) is 0 Å². The van der Waals surface area contributed by atoms with Crippen LogP contribution in [0.1, 0.15) is 41.5 Å². The summed E-state index contributed by atoms with van der Waals surface area (Å²) in [5.41, 5.74) is 5.86. The summed E-state index contributed by atoms with van der Waals surface area (Å²) in [5.74, 6) is 0.0254. The molecule has 2 N–H and O–H groups in total. The highest BCUT2D eigenvalue weighted by atomic mass is 16.2. The summed E-state index contributed by atoms with van der Waals surface area (Å²) in [6.45, 7) is 13.0. The molecule has 0 fully saturated rings. The van der Waals surface area contributed by atoms with E-state index in [1.165, 1.54) is 0 Å². The molecule has 0 saturated heterocycles. The third kappa shape index (κ3) is 5.17. The van der Waals surface area contributed by atoms with Crippen molar-refractivity contribution < 1.29 is 4.79 Å². The maximum Gasteiger partial charge on any atom is 0.239 e. The molecule has 0 aliphatic carbocycles. The van der Waals surface area contributed by atoms with E-state index in [1.807, 2.05) is 27.8 Å². The van der Waals surface area contributed by atoms with Gasteiger partial charge >= 0.3 is 0 Å². The molecule has 0 aliphatic rings. The number of carbonyl (C=O) groups excluding carboxylic acids is 1. The Morgan fingerprint density at radius 1 is 1.20 bits per heavy atom. The van der Waals surface area contributed by atoms with Crippen molar-refractivity contribution in [2.24, 2.45) is 16.6 Å². The lowest BCUT2D eigenvalue weighted by Gasteiger charge is -2.33. The van der Waals surface area contributed by atoms with E-state index in [2.05, 4.69) is 20.8 Å². The third-order valence-electron chi connectivity index (χ3n) is 2.29. The zero-order valence-electron chi connectivity index (χ0n) is 11.2. The predicted octanol–water partition coefficient (Wildman–Crippen LogP) is 1.86. The van der Waals surface area contributed by atoms with Crippen LogP contribution in [0, 0.1) is 10.8 Å². The van der Waals surface area contributed by atoms with E-state index in [4.69, 9.17) is 5.73 Å². The second kappa shape index (κ2) is 4.52. The first-order valence-corrected chi connectivity index (χ1v) is 5.46. The fraction of sp³-hybridized carbons (Fsp3) is 0.917. The Hall–Kier alpha value is -0.570. The number of nitrogens with two attached hydrogens (primary N) is 1. The number of hydrogen-bond donors (Lipinski definition) is 1. The molecule has 0 spiro atoms. The van der Waals surface area contributed by atoms with Gasteiger partial charge in [-0.05, 0) is 10.8 Å². The first kappa shape index (κ1) is 14.4. The molecular weight excluding hydrogens is 188 g/mol. The van der Waals surface area contributed by atoms with Crippen molar-refractivity contribution in [3.63, 3.8) is 0 Å². The van der Waals surface area contributed by atoms with Crippen LogP contribution in [-0.2, 0) is 4.79 Å². The molecule has 1 amide bonds. The zero-order valence-corrected chi connectivity index (χ0v) is 11.2. The van der Waals surface area contributed by atoms with Gasteiger partial charge in [-0.2, -0.15) is 0 Å². The Morgan fingerprint density at radius 2 is 1.60 bits per heavy atom. The van der Waals surface area contributed by atoms with Crippen molar-refractivity contribution in [1.82, 2.24) is 4.90 Å². The van der Waals surface area contributed by atoms with Crippen molar-refractivity contribution >= 4 is 5.91 Å². The Kier molecular flexibility index (Phi) is 4.35. The Morgan fingerprint density at radius 3 is 1.87 bits per heavy atom. The lowest BCUT2D eigenvalue weighted by molar-refractivity contribution is -0.134. The zero-order chi connectivity index (χ0) is 12.4. The van der Waals surface area contributed by atoms with Gasteiger partial charge in [0.1, 0.15) is 0 Å². The highest BCUT2D eigenvalue weighted by Gasteiger charge is 2.30. The van der Waals surface area contributed by atoms with Crippen molar-refractivity contribution in [3.8, 4) is 0 Å². The molecule has 15 heavy (non-hydrogen) atoms. The fourth-order valence-corrected chi connectivity index (χ4v) is 1.40. The van der Waals surface area contributed by atoms with Crippen molar-refractivity contribution in [2.45, 2.75) is 47.6 Å². The molecule has 1 unspecified atom stereocenters. The Labute approximate surface area is 94.0 Å². The number of rotatable bonds is 2. The first-order valence-electron chi connectivity index (χ1n) is 5.46. The van der Waals surface area contributed by atoms with E-state index in [0.29, 0.717) is 0 Å². The van der Waals surface area contributed by atoms with Gasteiger partial charge in [0.15, 0.2) is 0 Å². The molecule has 1 atom stereocenters. The number of carbonyl (C=O) groups is 1. The second-order valence-electron chi connectivity index (χ2n) is 6.60. The van der Waals surface area contributed by atoms with Crippen LogP contribution in [0.4, 0.5) is 0 Å². The van der Waals surface area contributed by atoms with E-state index in [1.54, 1.807) is 4.90 Å². The smallest absolute Gasteiger partial charge is 0.239 e. The fourth-order valence-electron chi connectivity index (χ4n) is 1.40. The maximum atomic E-state index is 12.0. The molecule has 0 heterocycles. The molecule has 0 radical (unpaired) electrons. The monoisotopic (exact) mass is 214 g/mol. The number of nitrogens with zero attached hydrogens (tertiary/aromatic N) is 1. The summed E-state index contributed by atoms with van der Waals surface area (Å²) in [5, 5.41) is 0. The lowest BCUT2D eigenvalue weighted by Crippen LogP contribution is -2.50. The molecular formula is C12H26N2O. The van der Waals surface area contributed by atoms with Gasteiger partial charge in [-0.25, -0.2) is 0 Å². The number of amides is 1. The van der Waals surface area contributed by atoms with E-state index >= 15 is 0 Å². The Bertz CT molecular complexity index is 223.